The van der Waals surface area contributed by atoms with Crippen molar-refractivity contribution < 1.29 is 14.6 Å². The van der Waals surface area contributed by atoms with Gasteiger partial charge < -0.3 is 4.74 Å². The number of methoxy groups -OCH3 is 1. The Morgan fingerprint density at radius 2 is 1.57 bits per heavy atom. The summed E-state index contributed by atoms with van der Waals surface area (Å²) in [5.41, 5.74) is -3.40. The van der Waals surface area contributed by atoms with Crippen molar-refractivity contribution in [1.82, 2.24) is 0 Å². The van der Waals surface area contributed by atoms with E-state index in [9.17, 15) is 20.2 Å². The quantitative estimate of drug-likeness (QED) is 0.487. The van der Waals surface area contributed by atoms with Crippen LogP contribution >= 0.6 is 0 Å². The Morgan fingerprint density at radius 1 is 1.14 bits per heavy atom. The van der Waals surface area contributed by atoms with Crippen molar-refractivity contribution in [1.29, 1.82) is 0 Å². The second kappa shape index (κ2) is 3.87. The van der Waals surface area contributed by atoms with Crippen LogP contribution in [0.5, 0.6) is 0 Å². The average molecular weight is 206 g/mol. The van der Waals surface area contributed by atoms with Crippen LogP contribution in [0.1, 0.15) is 20.8 Å². The molecule has 0 N–H and O–H groups in total. The predicted octanol–water partition coefficient (Wildman–Crippen LogP) is 0.723. The Kier molecular flexibility index (Phi) is 3.53. The summed E-state index contributed by atoms with van der Waals surface area (Å²) in [7, 11) is 1.28. The largest absolute Gasteiger partial charge is 0.377 e. The number of nitro groups is 2. The van der Waals surface area contributed by atoms with Crippen LogP contribution < -0.4 is 0 Å². The van der Waals surface area contributed by atoms with Crippen molar-refractivity contribution in [3.8, 4) is 0 Å². The molecule has 14 heavy (non-hydrogen) atoms. The minimum atomic E-state index is -1.73. The number of ether oxygens (including phenoxy) is 1. The summed E-state index contributed by atoms with van der Waals surface area (Å²) in [4.78, 5) is 20.2. The molecule has 0 bridgehead atoms. The van der Waals surface area contributed by atoms with Crippen LogP contribution in [0.2, 0.25) is 0 Å². The van der Waals surface area contributed by atoms with Gasteiger partial charge in [0.15, 0.2) is 0 Å². The molecule has 0 aliphatic heterocycles. The van der Waals surface area contributed by atoms with Crippen LogP contribution in [-0.4, -0.2) is 34.6 Å². The molecule has 0 fully saturated rings. The van der Waals surface area contributed by atoms with E-state index in [1.165, 1.54) is 27.9 Å². The van der Waals surface area contributed by atoms with Crippen LogP contribution in [-0.2, 0) is 4.74 Å². The third-order valence-corrected chi connectivity index (χ3v) is 2.60. The van der Waals surface area contributed by atoms with Crippen LogP contribution in [0.15, 0.2) is 0 Å². The topological polar surface area (TPSA) is 95.5 Å². The minimum absolute atomic E-state index is 0.298. The summed E-state index contributed by atoms with van der Waals surface area (Å²) in [6, 6.07) is 0. The third kappa shape index (κ3) is 1.82. The fourth-order valence-corrected chi connectivity index (χ4v) is 0.930. The zero-order valence-electron chi connectivity index (χ0n) is 8.64. The molecule has 0 rings (SSSR count). The number of hydrogen-bond acceptors (Lipinski definition) is 5. The molecule has 7 heteroatoms. The highest BCUT2D eigenvalue weighted by Crippen LogP contribution is 2.28. The van der Waals surface area contributed by atoms with Crippen LogP contribution in [0.3, 0.4) is 0 Å². The van der Waals surface area contributed by atoms with Gasteiger partial charge >= 0.3 is 5.54 Å². The van der Waals surface area contributed by atoms with Gasteiger partial charge in [0.2, 0.25) is 0 Å². The summed E-state index contributed by atoms with van der Waals surface area (Å²) in [5.74, 6) is 0. The first-order valence-corrected chi connectivity index (χ1v) is 3.98. The molecule has 0 saturated carbocycles. The summed E-state index contributed by atoms with van der Waals surface area (Å²) < 4.78 is 4.66. The molecule has 1 unspecified atom stereocenters. The Bertz CT molecular complexity index is 252. The van der Waals surface area contributed by atoms with Crippen LogP contribution in [0, 0.1) is 20.2 Å². The normalized spacial score (nSPS) is 16.0. The predicted molar refractivity (Wildman–Crippen MR) is 48.3 cm³/mol. The lowest BCUT2D eigenvalue weighted by molar-refractivity contribution is -0.679. The zero-order chi connectivity index (χ0) is 11.6. The fourth-order valence-electron chi connectivity index (χ4n) is 0.930. The summed E-state index contributed by atoms with van der Waals surface area (Å²) in [6.07, 6.45) is 0. The average Bonchev–Trinajstić information content (AvgIpc) is 2.03. The third-order valence-electron chi connectivity index (χ3n) is 2.60. The van der Waals surface area contributed by atoms with Crippen molar-refractivity contribution in [2.75, 3.05) is 13.7 Å². The zero-order valence-corrected chi connectivity index (χ0v) is 8.64. The number of rotatable bonds is 5. The van der Waals surface area contributed by atoms with Gasteiger partial charge in [-0.25, -0.2) is 0 Å². The van der Waals surface area contributed by atoms with E-state index in [1.54, 1.807) is 0 Å². The summed E-state index contributed by atoms with van der Waals surface area (Å²) in [6.45, 7) is 3.34. The maximum atomic E-state index is 10.8. The van der Waals surface area contributed by atoms with E-state index in [-0.39, 0.29) is 6.61 Å². The van der Waals surface area contributed by atoms with Gasteiger partial charge in [-0.1, -0.05) is 0 Å². The van der Waals surface area contributed by atoms with Gasteiger partial charge in [-0.3, -0.25) is 20.2 Å². The van der Waals surface area contributed by atoms with Crippen molar-refractivity contribution in [2.45, 2.75) is 31.8 Å². The Balaban J connectivity index is 5.19. The Morgan fingerprint density at radius 3 is 1.79 bits per heavy atom. The molecule has 0 amide bonds. The second-order valence-electron chi connectivity index (χ2n) is 3.78. The SMILES string of the molecule is COCC(C)([N+](=O)[O-])C(C)(C)[N+](=O)[O-]. The highest BCUT2D eigenvalue weighted by Gasteiger charge is 2.61. The van der Waals surface area contributed by atoms with Crippen LogP contribution in [0.4, 0.5) is 0 Å². The smallest absolute Gasteiger partial charge is 0.309 e. The van der Waals surface area contributed by atoms with E-state index in [0.29, 0.717) is 0 Å². The lowest BCUT2D eigenvalue weighted by Gasteiger charge is -2.28. The molecule has 7 nitrogen and oxygen atoms in total. The molecular weight excluding hydrogens is 192 g/mol. The monoisotopic (exact) mass is 206 g/mol. The lowest BCUT2D eigenvalue weighted by Crippen LogP contribution is -2.60. The van der Waals surface area contributed by atoms with E-state index in [0.717, 1.165) is 0 Å². The molecule has 0 spiro atoms. The molecule has 0 aromatic carbocycles. The number of hydrogen-bond donors (Lipinski definition) is 0. The van der Waals surface area contributed by atoms with Gasteiger partial charge in [0.05, 0.1) is 0 Å². The van der Waals surface area contributed by atoms with E-state index in [2.05, 4.69) is 4.74 Å². The van der Waals surface area contributed by atoms with Gasteiger partial charge in [0.25, 0.3) is 5.54 Å². The molecule has 0 aliphatic carbocycles. The first kappa shape index (κ1) is 12.8. The van der Waals surface area contributed by atoms with E-state index in [4.69, 9.17) is 0 Å². The van der Waals surface area contributed by atoms with Gasteiger partial charge in [0, 0.05) is 37.7 Å². The van der Waals surface area contributed by atoms with Gasteiger partial charge in [-0.15, -0.1) is 0 Å². The highest BCUT2D eigenvalue weighted by molar-refractivity contribution is 4.91. The molecule has 0 heterocycles. The Hall–Kier alpha value is -1.24. The Labute approximate surface area is 81.3 Å². The molecule has 82 valence electrons. The molecular formula is C7H14N2O5. The van der Waals surface area contributed by atoms with E-state index < -0.39 is 20.9 Å². The van der Waals surface area contributed by atoms with Gasteiger partial charge in [0.1, 0.15) is 6.61 Å². The van der Waals surface area contributed by atoms with E-state index >= 15 is 0 Å². The molecule has 0 aliphatic rings. The van der Waals surface area contributed by atoms with Crippen molar-refractivity contribution in [2.24, 2.45) is 0 Å². The maximum Gasteiger partial charge on any atom is 0.309 e. The van der Waals surface area contributed by atoms with Crippen LogP contribution in [0.25, 0.3) is 0 Å². The summed E-state index contributed by atoms with van der Waals surface area (Å²) in [5, 5.41) is 21.5. The molecule has 0 saturated heterocycles. The minimum Gasteiger partial charge on any atom is -0.377 e. The van der Waals surface area contributed by atoms with Crippen molar-refractivity contribution >= 4 is 0 Å². The molecule has 1 atom stereocenters. The number of nitrogens with zero attached hydrogens (tertiary/aromatic N) is 2. The second-order valence-corrected chi connectivity index (χ2v) is 3.78. The fraction of sp³-hybridized carbons (Fsp3) is 1.00. The first-order chi connectivity index (χ1) is 6.20. The molecule has 0 aromatic heterocycles. The van der Waals surface area contributed by atoms with E-state index in [1.807, 2.05) is 0 Å². The van der Waals surface area contributed by atoms with Crippen molar-refractivity contribution in [3.63, 3.8) is 0 Å². The lowest BCUT2D eigenvalue weighted by atomic mass is 9.82. The summed E-state index contributed by atoms with van der Waals surface area (Å²) >= 11 is 0. The van der Waals surface area contributed by atoms with Gasteiger partial charge in [-0.2, -0.15) is 0 Å². The molecule has 0 radical (unpaired) electrons. The molecule has 0 aromatic rings. The van der Waals surface area contributed by atoms with Gasteiger partial charge in [-0.05, 0) is 0 Å². The first-order valence-electron chi connectivity index (χ1n) is 3.98. The highest BCUT2D eigenvalue weighted by atomic mass is 16.7. The maximum absolute atomic E-state index is 10.8. The standard InChI is InChI=1S/C7H14N2O5/c1-6(2,8(10)11)7(3,5-14-4)9(12)13/h5H2,1-4H3. The van der Waals surface area contributed by atoms with Crippen molar-refractivity contribution in [3.05, 3.63) is 20.2 Å².